The van der Waals surface area contributed by atoms with Crippen LogP contribution in [-0.4, -0.2) is 32.0 Å². The smallest absolute Gasteiger partial charge is 0.227 e. The van der Waals surface area contributed by atoms with Gasteiger partial charge in [-0.2, -0.15) is 0 Å². The van der Waals surface area contributed by atoms with Gasteiger partial charge in [-0.15, -0.1) is 0 Å². The van der Waals surface area contributed by atoms with E-state index in [2.05, 4.69) is 5.32 Å². The number of amides is 2. The van der Waals surface area contributed by atoms with Crippen molar-refractivity contribution in [1.82, 2.24) is 5.32 Å². The molecule has 1 fully saturated rings. The largest absolute Gasteiger partial charge is 0.495 e. The second-order valence-electron chi connectivity index (χ2n) is 6.34. The number of methoxy groups -OCH3 is 1. The van der Waals surface area contributed by atoms with Crippen molar-refractivity contribution in [2.45, 2.75) is 12.5 Å². The molecule has 2 unspecified atom stereocenters. The Morgan fingerprint density at radius 3 is 2.65 bits per heavy atom. The summed E-state index contributed by atoms with van der Waals surface area (Å²) in [4.78, 5) is 26.5. The number of nitrogens with one attached hydrogen (secondary N) is 1. The lowest BCUT2D eigenvalue weighted by molar-refractivity contribution is -0.126. The molecule has 2 amide bonds. The van der Waals surface area contributed by atoms with Gasteiger partial charge in [0.1, 0.15) is 5.75 Å². The lowest BCUT2D eigenvalue weighted by Crippen LogP contribution is -2.37. The van der Waals surface area contributed by atoms with Crippen molar-refractivity contribution in [2.24, 2.45) is 11.7 Å². The zero-order valence-electron chi connectivity index (χ0n) is 14.7. The summed E-state index contributed by atoms with van der Waals surface area (Å²) in [6.45, 7) is 0.674. The first-order valence-electron chi connectivity index (χ1n) is 8.61. The molecule has 2 atom stereocenters. The summed E-state index contributed by atoms with van der Waals surface area (Å²) in [6.07, 6.45) is 0.185. The van der Waals surface area contributed by atoms with E-state index in [1.165, 1.54) is 0 Å². The van der Waals surface area contributed by atoms with Gasteiger partial charge in [-0.05, 0) is 17.7 Å². The van der Waals surface area contributed by atoms with Gasteiger partial charge in [-0.3, -0.25) is 9.59 Å². The van der Waals surface area contributed by atoms with Gasteiger partial charge in [0.25, 0.3) is 0 Å². The molecule has 0 saturated carbocycles. The molecule has 3 rings (SSSR count). The maximum Gasteiger partial charge on any atom is 0.227 e. The van der Waals surface area contributed by atoms with Crippen LogP contribution in [0.15, 0.2) is 54.6 Å². The average molecular weight is 353 g/mol. The molecule has 26 heavy (non-hydrogen) atoms. The normalized spacial score (nSPS) is 17.8. The van der Waals surface area contributed by atoms with E-state index in [1.807, 2.05) is 48.5 Å². The summed E-state index contributed by atoms with van der Waals surface area (Å²) >= 11 is 0. The maximum atomic E-state index is 12.5. The van der Waals surface area contributed by atoms with E-state index in [9.17, 15) is 9.59 Å². The van der Waals surface area contributed by atoms with Crippen molar-refractivity contribution in [1.29, 1.82) is 0 Å². The lowest BCUT2D eigenvalue weighted by atomic mass is 10.1. The summed E-state index contributed by atoms with van der Waals surface area (Å²) in [5.41, 5.74) is 7.77. The van der Waals surface area contributed by atoms with Gasteiger partial charge in [0, 0.05) is 25.6 Å². The average Bonchev–Trinajstić information content (AvgIpc) is 3.08. The van der Waals surface area contributed by atoms with Gasteiger partial charge < -0.3 is 20.7 Å². The molecule has 3 N–H and O–H groups in total. The summed E-state index contributed by atoms with van der Waals surface area (Å²) in [7, 11) is 1.56. The summed E-state index contributed by atoms with van der Waals surface area (Å²) in [5.74, 6) is -0.00692. The molecule has 2 aromatic rings. The predicted octanol–water partition coefficient (Wildman–Crippen LogP) is 1.86. The van der Waals surface area contributed by atoms with Crippen molar-refractivity contribution in [3.8, 4) is 5.75 Å². The monoisotopic (exact) mass is 353 g/mol. The molecule has 6 heteroatoms. The Labute approximate surface area is 152 Å². The third-order valence-electron chi connectivity index (χ3n) is 4.60. The highest BCUT2D eigenvalue weighted by atomic mass is 16.5. The first-order chi connectivity index (χ1) is 12.6. The van der Waals surface area contributed by atoms with Crippen molar-refractivity contribution >= 4 is 17.5 Å². The fourth-order valence-corrected chi connectivity index (χ4v) is 3.14. The van der Waals surface area contributed by atoms with Crippen molar-refractivity contribution in [3.05, 3.63) is 60.2 Å². The molecular formula is C20H23N3O3. The van der Waals surface area contributed by atoms with Crippen LogP contribution in [0.2, 0.25) is 0 Å². The maximum absolute atomic E-state index is 12.5. The summed E-state index contributed by atoms with van der Waals surface area (Å²) in [6, 6.07) is 16.6. The molecule has 1 aliphatic heterocycles. The molecule has 1 heterocycles. The van der Waals surface area contributed by atoms with Crippen molar-refractivity contribution in [2.75, 3.05) is 25.1 Å². The Morgan fingerprint density at radius 1 is 1.23 bits per heavy atom. The first kappa shape index (κ1) is 17.9. The van der Waals surface area contributed by atoms with Gasteiger partial charge in [0.05, 0.1) is 18.7 Å². The van der Waals surface area contributed by atoms with Gasteiger partial charge in [0.2, 0.25) is 11.8 Å². The van der Waals surface area contributed by atoms with Gasteiger partial charge in [0.15, 0.2) is 0 Å². The van der Waals surface area contributed by atoms with E-state index in [4.69, 9.17) is 10.5 Å². The molecule has 0 bridgehead atoms. The highest BCUT2D eigenvalue weighted by Gasteiger charge is 2.36. The number of ether oxygens (including phenoxy) is 1. The van der Waals surface area contributed by atoms with Crippen LogP contribution < -0.4 is 20.7 Å². The minimum Gasteiger partial charge on any atom is -0.495 e. The van der Waals surface area contributed by atoms with Crippen molar-refractivity contribution in [3.63, 3.8) is 0 Å². The molecule has 1 aliphatic rings. The number of nitrogens with two attached hydrogens (primary N) is 1. The second kappa shape index (κ2) is 8.01. The zero-order valence-corrected chi connectivity index (χ0v) is 14.7. The first-order valence-corrected chi connectivity index (χ1v) is 8.61. The molecule has 6 nitrogen and oxygen atoms in total. The fourth-order valence-electron chi connectivity index (χ4n) is 3.14. The Kier molecular flexibility index (Phi) is 5.53. The van der Waals surface area contributed by atoms with Crippen LogP contribution >= 0.6 is 0 Å². The summed E-state index contributed by atoms with van der Waals surface area (Å²) in [5, 5.41) is 2.87. The van der Waals surface area contributed by atoms with Crippen LogP contribution in [0.4, 0.5) is 5.69 Å². The molecule has 0 radical (unpaired) electrons. The quantitative estimate of drug-likeness (QED) is 0.830. The number of rotatable bonds is 6. The molecule has 2 aromatic carbocycles. The second-order valence-corrected chi connectivity index (χ2v) is 6.34. The van der Waals surface area contributed by atoms with Gasteiger partial charge >= 0.3 is 0 Å². The van der Waals surface area contributed by atoms with E-state index < -0.39 is 5.92 Å². The highest BCUT2D eigenvalue weighted by molar-refractivity contribution is 6.01. The van der Waals surface area contributed by atoms with E-state index in [0.29, 0.717) is 24.5 Å². The standard InChI is InChI=1S/C20H23N3O3/c1-26-18-10-6-5-9-17(18)23-13-15(11-19(23)24)20(25)22-12-16(21)14-7-3-2-4-8-14/h2-10,15-16H,11-13,21H2,1H3,(H,22,25). The third-order valence-corrected chi connectivity index (χ3v) is 4.60. The number of carbonyl (C=O) groups excluding carboxylic acids is 2. The molecule has 1 saturated heterocycles. The Morgan fingerprint density at radius 2 is 1.92 bits per heavy atom. The molecule has 136 valence electrons. The molecular weight excluding hydrogens is 330 g/mol. The summed E-state index contributed by atoms with van der Waals surface area (Å²) < 4.78 is 5.32. The topological polar surface area (TPSA) is 84.7 Å². The fraction of sp³-hybridized carbons (Fsp3) is 0.300. The van der Waals surface area contributed by atoms with Crippen molar-refractivity contribution < 1.29 is 14.3 Å². The number of anilines is 1. The van der Waals surface area contributed by atoms with E-state index in [-0.39, 0.29) is 24.3 Å². The third kappa shape index (κ3) is 3.86. The van der Waals surface area contributed by atoms with Gasteiger partial charge in [-0.25, -0.2) is 0 Å². The minimum atomic E-state index is -0.393. The number of benzene rings is 2. The van der Waals surface area contributed by atoms with Crippen LogP contribution in [-0.2, 0) is 9.59 Å². The SMILES string of the molecule is COc1ccccc1N1CC(C(=O)NCC(N)c2ccccc2)CC1=O. The Balaban J connectivity index is 1.60. The number of hydrogen-bond donors (Lipinski definition) is 2. The molecule has 0 aromatic heterocycles. The Bertz CT molecular complexity index is 779. The van der Waals surface area contributed by atoms with Crippen LogP contribution in [0.5, 0.6) is 5.75 Å². The minimum absolute atomic E-state index is 0.0815. The zero-order chi connectivity index (χ0) is 18.5. The number of para-hydroxylation sites is 2. The number of hydrogen-bond acceptors (Lipinski definition) is 4. The number of nitrogens with zero attached hydrogens (tertiary/aromatic N) is 1. The van der Waals surface area contributed by atoms with Gasteiger partial charge in [-0.1, -0.05) is 42.5 Å². The predicted molar refractivity (Wildman–Crippen MR) is 99.8 cm³/mol. The van der Waals surface area contributed by atoms with E-state index in [1.54, 1.807) is 18.1 Å². The van der Waals surface area contributed by atoms with Crippen LogP contribution in [0.1, 0.15) is 18.0 Å². The van der Waals surface area contributed by atoms with Crippen LogP contribution in [0.25, 0.3) is 0 Å². The van der Waals surface area contributed by atoms with E-state index >= 15 is 0 Å². The molecule has 0 spiro atoms. The number of carbonyl (C=O) groups is 2. The lowest BCUT2D eigenvalue weighted by Gasteiger charge is -2.19. The highest BCUT2D eigenvalue weighted by Crippen LogP contribution is 2.32. The van der Waals surface area contributed by atoms with Crippen LogP contribution in [0, 0.1) is 5.92 Å². The Hall–Kier alpha value is -2.86. The van der Waals surface area contributed by atoms with Crippen LogP contribution in [0.3, 0.4) is 0 Å². The molecule has 0 aliphatic carbocycles. The van der Waals surface area contributed by atoms with E-state index in [0.717, 1.165) is 5.56 Å².